The van der Waals surface area contributed by atoms with Gasteiger partial charge in [-0.05, 0) is 18.5 Å². The van der Waals surface area contributed by atoms with Gasteiger partial charge in [0.25, 0.3) is 0 Å². The second-order valence-corrected chi connectivity index (χ2v) is 5.53. The maximum atomic E-state index is 14.4. The number of fused-ring (bicyclic) bond motifs is 1. The predicted molar refractivity (Wildman–Crippen MR) is 73.4 cm³/mol. The van der Waals surface area contributed by atoms with E-state index in [1.165, 1.54) is 24.9 Å². The molecule has 4 atom stereocenters. The standard InChI is InChI=1S/C12H14ClFN4O4/c1-12(3-19)7(20)5(14)10(22-12)18-4-15-6-8(18)16-11(13)17-9(6)21-2/h4-5,7,10,19-20H,3H2,1-2H3/t5-,7-,10+,12+/m0/s1. The smallest absolute Gasteiger partial charge is 0.246 e. The van der Waals surface area contributed by atoms with Crippen LogP contribution < -0.4 is 4.74 Å². The zero-order valence-corrected chi connectivity index (χ0v) is 12.5. The fourth-order valence-electron chi connectivity index (χ4n) is 2.44. The van der Waals surface area contributed by atoms with Gasteiger partial charge in [0, 0.05) is 0 Å². The molecule has 1 aliphatic rings. The van der Waals surface area contributed by atoms with Crippen LogP contribution in [-0.4, -0.2) is 61.3 Å². The minimum atomic E-state index is -1.77. The van der Waals surface area contributed by atoms with Gasteiger partial charge in [-0.3, -0.25) is 4.57 Å². The average molecular weight is 333 g/mol. The van der Waals surface area contributed by atoms with Crippen molar-refractivity contribution in [2.45, 2.75) is 31.0 Å². The Kier molecular flexibility index (Phi) is 3.68. The van der Waals surface area contributed by atoms with E-state index in [2.05, 4.69) is 15.0 Å². The molecule has 3 heterocycles. The van der Waals surface area contributed by atoms with E-state index >= 15 is 0 Å². The topological polar surface area (TPSA) is 103 Å². The third-order valence-corrected chi connectivity index (χ3v) is 3.90. The van der Waals surface area contributed by atoms with Gasteiger partial charge < -0.3 is 19.7 Å². The molecule has 8 nitrogen and oxygen atoms in total. The summed E-state index contributed by atoms with van der Waals surface area (Å²) < 4.78 is 26.2. The van der Waals surface area contributed by atoms with Crippen molar-refractivity contribution in [2.75, 3.05) is 13.7 Å². The van der Waals surface area contributed by atoms with Gasteiger partial charge in [-0.25, -0.2) is 9.37 Å². The van der Waals surface area contributed by atoms with Crippen molar-refractivity contribution < 1.29 is 24.1 Å². The number of aliphatic hydroxyl groups excluding tert-OH is 2. The molecule has 0 aliphatic carbocycles. The fraction of sp³-hybridized carbons (Fsp3) is 0.583. The largest absolute Gasteiger partial charge is 0.479 e. The van der Waals surface area contributed by atoms with Gasteiger partial charge in [0.2, 0.25) is 11.2 Å². The fourth-order valence-corrected chi connectivity index (χ4v) is 2.59. The summed E-state index contributed by atoms with van der Waals surface area (Å²) in [5.41, 5.74) is -0.921. The monoisotopic (exact) mass is 332 g/mol. The zero-order chi connectivity index (χ0) is 16.1. The normalized spacial score (nSPS) is 31.8. The average Bonchev–Trinajstić information content (AvgIpc) is 3.01. The maximum absolute atomic E-state index is 14.4. The minimum absolute atomic E-state index is 0.0926. The highest BCUT2D eigenvalue weighted by atomic mass is 35.5. The molecule has 1 aliphatic heterocycles. The van der Waals surface area contributed by atoms with E-state index in [9.17, 15) is 14.6 Å². The summed E-state index contributed by atoms with van der Waals surface area (Å²) >= 11 is 5.82. The number of aliphatic hydroxyl groups is 2. The molecule has 1 fully saturated rings. The number of hydrogen-bond acceptors (Lipinski definition) is 7. The molecule has 22 heavy (non-hydrogen) atoms. The molecule has 3 rings (SSSR count). The summed E-state index contributed by atoms with van der Waals surface area (Å²) in [5.74, 6) is 0.146. The van der Waals surface area contributed by atoms with Gasteiger partial charge in [-0.2, -0.15) is 9.97 Å². The molecule has 0 unspecified atom stereocenters. The molecule has 0 radical (unpaired) electrons. The molecule has 0 bridgehead atoms. The number of halogens is 2. The van der Waals surface area contributed by atoms with Crippen LogP contribution in [0.25, 0.3) is 11.2 Å². The summed E-state index contributed by atoms with van der Waals surface area (Å²) in [6.45, 7) is 0.892. The summed E-state index contributed by atoms with van der Waals surface area (Å²) in [6.07, 6.45) is -3.16. The number of alkyl halides is 1. The van der Waals surface area contributed by atoms with Gasteiger partial charge in [-0.15, -0.1) is 0 Å². The van der Waals surface area contributed by atoms with E-state index in [0.717, 1.165) is 0 Å². The third-order valence-electron chi connectivity index (χ3n) is 3.73. The number of nitrogens with zero attached hydrogens (tertiary/aromatic N) is 4. The van der Waals surface area contributed by atoms with Crippen LogP contribution in [0.15, 0.2) is 6.33 Å². The number of imidazole rings is 1. The molecule has 2 aromatic heterocycles. The molecule has 0 saturated carbocycles. The molecular formula is C12H14ClFN4O4. The van der Waals surface area contributed by atoms with Crippen molar-refractivity contribution in [3.05, 3.63) is 11.6 Å². The Hall–Kier alpha value is -1.55. The minimum Gasteiger partial charge on any atom is -0.479 e. The Morgan fingerprint density at radius 3 is 2.86 bits per heavy atom. The van der Waals surface area contributed by atoms with E-state index in [1.54, 1.807) is 0 Å². The van der Waals surface area contributed by atoms with Gasteiger partial charge in [0.15, 0.2) is 23.6 Å². The summed E-state index contributed by atoms with van der Waals surface area (Å²) in [7, 11) is 1.40. The number of ether oxygens (including phenoxy) is 2. The third kappa shape index (κ3) is 2.12. The van der Waals surface area contributed by atoms with Crippen molar-refractivity contribution in [1.29, 1.82) is 0 Å². The first kappa shape index (κ1) is 15.3. The van der Waals surface area contributed by atoms with Gasteiger partial charge in [-0.1, -0.05) is 0 Å². The number of aromatic nitrogens is 4. The molecular weight excluding hydrogens is 319 g/mol. The van der Waals surface area contributed by atoms with E-state index in [0.29, 0.717) is 0 Å². The maximum Gasteiger partial charge on any atom is 0.246 e. The van der Waals surface area contributed by atoms with Crippen molar-refractivity contribution in [1.82, 2.24) is 19.5 Å². The first-order valence-electron chi connectivity index (χ1n) is 6.46. The van der Waals surface area contributed by atoms with E-state index in [-0.39, 0.29) is 22.3 Å². The highest BCUT2D eigenvalue weighted by Gasteiger charge is 2.53. The number of hydrogen-bond donors (Lipinski definition) is 2. The van der Waals surface area contributed by atoms with Gasteiger partial charge >= 0.3 is 0 Å². The Morgan fingerprint density at radius 1 is 1.55 bits per heavy atom. The molecule has 2 N–H and O–H groups in total. The van der Waals surface area contributed by atoms with Crippen LogP contribution in [0.4, 0.5) is 4.39 Å². The van der Waals surface area contributed by atoms with Crippen LogP contribution >= 0.6 is 11.6 Å². The van der Waals surface area contributed by atoms with E-state index in [4.69, 9.17) is 21.1 Å². The molecule has 0 amide bonds. The SMILES string of the molecule is COc1nc(Cl)nc2c1ncn2[C@@H]1O[C@](C)(CO)[C@@H](O)[C@@H]1F. The first-order valence-corrected chi connectivity index (χ1v) is 6.84. The van der Waals surface area contributed by atoms with Crippen molar-refractivity contribution in [2.24, 2.45) is 0 Å². The lowest BCUT2D eigenvalue weighted by atomic mass is 9.99. The Balaban J connectivity index is 2.10. The van der Waals surface area contributed by atoms with E-state index < -0.39 is 30.7 Å². The Labute approximate surface area is 129 Å². The molecule has 120 valence electrons. The number of rotatable bonds is 3. The highest BCUT2D eigenvalue weighted by Crippen LogP contribution is 2.40. The van der Waals surface area contributed by atoms with Gasteiger partial charge in [0.05, 0.1) is 20.0 Å². The zero-order valence-electron chi connectivity index (χ0n) is 11.8. The molecule has 10 heteroatoms. The van der Waals surface area contributed by atoms with Crippen molar-refractivity contribution in [3.8, 4) is 5.88 Å². The number of methoxy groups -OCH3 is 1. The quantitative estimate of drug-likeness (QED) is 0.787. The summed E-state index contributed by atoms with van der Waals surface area (Å²) in [5, 5.41) is 19.2. The molecule has 2 aromatic rings. The summed E-state index contributed by atoms with van der Waals surface area (Å²) in [4.78, 5) is 11.9. The summed E-state index contributed by atoms with van der Waals surface area (Å²) in [6, 6.07) is 0. The van der Waals surface area contributed by atoms with E-state index in [1.807, 2.05) is 0 Å². The van der Waals surface area contributed by atoms with Crippen LogP contribution in [0.2, 0.25) is 5.28 Å². The second kappa shape index (κ2) is 5.27. The Bertz CT molecular complexity index is 714. The van der Waals surface area contributed by atoms with Crippen LogP contribution in [0.1, 0.15) is 13.2 Å². The lowest BCUT2D eigenvalue weighted by Crippen LogP contribution is -2.42. The lowest BCUT2D eigenvalue weighted by molar-refractivity contribution is -0.115. The van der Waals surface area contributed by atoms with Crippen LogP contribution in [0.5, 0.6) is 5.88 Å². The van der Waals surface area contributed by atoms with Crippen LogP contribution in [-0.2, 0) is 4.74 Å². The lowest BCUT2D eigenvalue weighted by Gasteiger charge is -2.24. The second-order valence-electron chi connectivity index (χ2n) is 5.19. The molecule has 1 saturated heterocycles. The van der Waals surface area contributed by atoms with Crippen molar-refractivity contribution >= 4 is 22.8 Å². The molecule has 0 spiro atoms. The van der Waals surface area contributed by atoms with Crippen LogP contribution in [0.3, 0.4) is 0 Å². The Morgan fingerprint density at radius 2 is 2.27 bits per heavy atom. The highest BCUT2D eigenvalue weighted by molar-refractivity contribution is 6.28. The molecule has 0 aromatic carbocycles. The van der Waals surface area contributed by atoms with Gasteiger partial charge in [0.1, 0.15) is 11.7 Å². The first-order chi connectivity index (χ1) is 10.4. The predicted octanol–water partition coefficient (Wildman–Crippen LogP) is 0.467. The van der Waals surface area contributed by atoms with Crippen molar-refractivity contribution in [3.63, 3.8) is 0 Å². The van der Waals surface area contributed by atoms with Crippen LogP contribution in [0, 0.1) is 0 Å².